The van der Waals surface area contributed by atoms with E-state index < -0.39 is 5.91 Å². The summed E-state index contributed by atoms with van der Waals surface area (Å²) in [4.78, 5) is 25.4. The molecule has 1 aliphatic rings. The first kappa shape index (κ1) is 19.1. The summed E-state index contributed by atoms with van der Waals surface area (Å²) < 4.78 is 5.72. The number of anilines is 1. The molecule has 3 aromatic rings. The molecule has 4 rings (SSSR count). The standard InChI is InChI=1S/C22H20ClN3O3/c1-2-20-24-18-11-10-15(23)12-17(18)22(28)26(20)25-21(27)13-29-19-9-5-7-14-6-3-4-8-16(14)19/h3-12,20,24H,2,13H2,1H3,(H,25,27). The molecular weight excluding hydrogens is 390 g/mol. The maximum atomic E-state index is 12.9. The molecule has 1 atom stereocenters. The highest BCUT2D eigenvalue weighted by Crippen LogP contribution is 2.28. The molecule has 2 N–H and O–H groups in total. The Kier molecular flexibility index (Phi) is 5.27. The van der Waals surface area contributed by atoms with E-state index in [-0.39, 0.29) is 18.7 Å². The number of nitrogens with one attached hydrogen (secondary N) is 2. The molecule has 2 amide bonds. The number of carbonyl (C=O) groups is 2. The van der Waals surface area contributed by atoms with Crippen LogP contribution >= 0.6 is 11.6 Å². The molecule has 6 nitrogen and oxygen atoms in total. The van der Waals surface area contributed by atoms with Crippen molar-refractivity contribution in [1.29, 1.82) is 0 Å². The molecule has 1 aliphatic heterocycles. The van der Waals surface area contributed by atoms with Gasteiger partial charge in [-0.15, -0.1) is 0 Å². The molecule has 7 heteroatoms. The number of benzene rings is 3. The topological polar surface area (TPSA) is 70.7 Å². The predicted octanol–water partition coefficient (Wildman–Crippen LogP) is 4.21. The van der Waals surface area contributed by atoms with Crippen LogP contribution in [0, 0.1) is 0 Å². The summed E-state index contributed by atoms with van der Waals surface area (Å²) in [5.74, 6) is -0.117. The van der Waals surface area contributed by atoms with Crippen molar-refractivity contribution in [1.82, 2.24) is 10.4 Å². The van der Waals surface area contributed by atoms with Crippen LogP contribution in [0.5, 0.6) is 5.75 Å². The number of hydrogen-bond donors (Lipinski definition) is 2. The first-order valence-corrected chi connectivity index (χ1v) is 9.74. The molecule has 0 aliphatic carbocycles. The van der Waals surface area contributed by atoms with Crippen LogP contribution in [0.3, 0.4) is 0 Å². The highest BCUT2D eigenvalue weighted by atomic mass is 35.5. The second-order valence-electron chi connectivity index (χ2n) is 6.73. The van der Waals surface area contributed by atoms with Crippen LogP contribution in [-0.2, 0) is 4.79 Å². The van der Waals surface area contributed by atoms with Gasteiger partial charge < -0.3 is 10.1 Å². The van der Waals surface area contributed by atoms with E-state index in [4.69, 9.17) is 16.3 Å². The van der Waals surface area contributed by atoms with E-state index >= 15 is 0 Å². The molecule has 1 unspecified atom stereocenters. The third-order valence-corrected chi connectivity index (χ3v) is 5.04. The van der Waals surface area contributed by atoms with Gasteiger partial charge in [-0.2, -0.15) is 0 Å². The summed E-state index contributed by atoms with van der Waals surface area (Å²) in [6, 6.07) is 18.5. The molecular formula is C22H20ClN3O3. The Balaban J connectivity index is 1.48. The molecule has 0 aromatic heterocycles. The van der Waals surface area contributed by atoms with Gasteiger partial charge in [0, 0.05) is 16.1 Å². The van der Waals surface area contributed by atoms with Crippen LogP contribution in [0.4, 0.5) is 5.69 Å². The Labute approximate surface area is 173 Å². The quantitative estimate of drug-likeness (QED) is 0.662. The molecule has 148 valence electrons. The molecule has 29 heavy (non-hydrogen) atoms. The fraction of sp³-hybridized carbons (Fsp3) is 0.182. The van der Waals surface area contributed by atoms with Crippen molar-refractivity contribution in [2.45, 2.75) is 19.5 Å². The van der Waals surface area contributed by atoms with Gasteiger partial charge in [0.2, 0.25) is 0 Å². The van der Waals surface area contributed by atoms with Gasteiger partial charge in [0.15, 0.2) is 6.61 Å². The van der Waals surface area contributed by atoms with Crippen LogP contribution < -0.4 is 15.5 Å². The Bertz CT molecular complexity index is 1080. The Morgan fingerprint density at radius 2 is 1.97 bits per heavy atom. The molecule has 0 radical (unpaired) electrons. The zero-order chi connectivity index (χ0) is 20.4. The second-order valence-corrected chi connectivity index (χ2v) is 7.17. The van der Waals surface area contributed by atoms with E-state index in [1.54, 1.807) is 18.2 Å². The van der Waals surface area contributed by atoms with Gasteiger partial charge in [0.05, 0.1) is 5.56 Å². The van der Waals surface area contributed by atoms with Gasteiger partial charge in [-0.3, -0.25) is 15.0 Å². The van der Waals surface area contributed by atoms with E-state index in [1.165, 1.54) is 5.01 Å². The molecule has 3 aromatic carbocycles. The van der Waals surface area contributed by atoms with Crippen molar-refractivity contribution >= 4 is 39.9 Å². The number of nitrogens with zero attached hydrogens (tertiary/aromatic N) is 1. The van der Waals surface area contributed by atoms with E-state index in [1.807, 2.05) is 49.4 Å². The highest BCUT2D eigenvalue weighted by Gasteiger charge is 2.32. The van der Waals surface area contributed by atoms with E-state index in [2.05, 4.69) is 10.7 Å². The van der Waals surface area contributed by atoms with Crippen LogP contribution in [0.2, 0.25) is 5.02 Å². The minimum absolute atomic E-state index is 0.212. The lowest BCUT2D eigenvalue weighted by molar-refractivity contribution is -0.127. The van der Waals surface area contributed by atoms with Crippen molar-refractivity contribution in [2.75, 3.05) is 11.9 Å². The Morgan fingerprint density at radius 3 is 2.79 bits per heavy atom. The first-order chi connectivity index (χ1) is 14.1. The summed E-state index contributed by atoms with van der Waals surface area (Å²) in [6.45, 7) is 1.72. The lowest BCUT2D eigenvalue weighted by Crippen LogP contribution is -2.57. The molecule has 0 saturated carbocycles. The molecule has 0 bridgehead atoms. The van der Waals surface area contributed by atoms with Gasteiger partial charge in [0.1, 0.15) is 11.9 Å². The van der Waals surface area contributed by atoms with Crippen LogP contribution in [-0.4, -0.2) is 29.6 Å². The molecule has 1 heterocycles. The van der Waals surface area contributed by atoms with Gasteiger partial charge in [-0.1, -0.05) is 54.9 Å². The van der Waals surface area contributed by atoms with Crippen molar-refractivity contribution in [2.24, 2.45) is 0 Å². The summed E-state index contributed by atoms with van der Waals surface area (Å²) in [6.07, 6.45) is 0.246. The van der Waals surface area contributed by atoms with Gasteiger partial charge >= 0.3 is 0 Å². The Morgan fingerprint density at radius 1 is 1.17 bits per heavy atom. The number of amides is 2. The number of rotatable bonds is 5. The number of halogens is 1. The van der Waals surface area contributed by atoms with E-state index in [0.29, 0.717) is 28.4 Å². The molecule has 0 fully saturated rings. The highest BCUT2D eigenvalue weighted by molar-refractivity contribution is 6.31. The largest absolute Gasteiger partial charge is 0.483 e. The lowest BCUT2D eigenvalue weighted by Gasteiger charge is -2.37. The van der Waals surface area contributed by atoms with Crippen LogP contribution in [0.1, 0.15) is 23.7 Å². The van der Waals surface area contributed by atoms with Crippen molar-refractivity contribution < 1.29 is 14.3 Å². The van der Waals surface area contributed by atoms with Crippen molar-refractivity contribution in [3.8, 4) is 5.75 Å². The Hall–Kier alpha value is -3.25. The minimum Gasteiger partial charge on any atom is -0.483 e. The SMILES string of the molecule is CCC1Nc2ccc(Cl)cc2C(=O)N1NC(=O)COc1cccc2ccccc12. The maximum Gasteiger partial charge on any atom is 0.276 e. The number of ether oxygens (including phenoxy) is 1. The van der Waals surface area contributed by atoms with E-state index in [9.17, 15) is 9.59 Å². The second kappa shape index (κ2) is 8.01. The lowest BCUT2D eigenvalue weighted by atomic mass is 10.1. The molecule has 0 saturated heterocycles. The monoisotopic (exact) mass is 409 g/mol. The van der Waals surface area contributed by atoms with Gasteiger partial charge in [-0.05, 0) is 36.1 Å². The summed E-state index contributed by atoms with van der Waals surface area (Å²) in [7, 11) is 0. The molecule has 0 spiro atoms. The number of hydrazine groups is 1. The normalized spacial score (nSPS) is 15.6. The van der Waals surface area contributed by atoms with Crippen molar-refractivity contribution in [3.05, 3.63) is 71.2 Å². The number of hydrogen-bond acceptors (Lipinski definition) is 4. The zero-order valence-corrected chi connectivity index (χ0v) is 16.6. The van der Waals surface area contributed by atoms with E-state index in [0.717, 1.165) is 10.8 Å². The van der Waals surface area contributed by atoms with Crippen molar-refractivity contribution in [3.63, 3.8) is 0 Å². The number of fused-ring (bicyclic) bond motifs is 2. The summed E-state index contributed by atoms with van der Waals surface area (Å²) in [5.41, 5.74) is 3.77. The third-order valence-electron chi connectivity index (χ3n) is 4.80. The van der Waals surface area contributed by atoms with Gasteiger partial charge in [-0.25, -0.2) is 5.01 Å². The fourth-order valence-corrected chi connectivity index (χ4v) is 3.55. The average molecular weight is 410 g/mol. The summed E-state index contributed by atoms with van der Waals surface area (Å²) in [5, 5.41) is 6.96. The van der Waals surface area contributed by atoms with Gasteiger partial charge in [0.25, 0.3) is 11.8 Å². The maximum absolute atomic E-state index is 12.9. The van der Waals surface area contributed by atoms with Crippen LogP contribution in [0.25, 0.3) is 10.8 Å². The third kappa shape index (κ3) is 3.84. The first-order valence-electron chi connectivity index (χ1n) is 9.36. The summed E-state index contributed by atoms with van der Waals surface area (Å²) >= 11 is 6.03. The minimum atomic E-state index is -0.419. The average Bonchev–Trinajstić information content (AvgIpc) is 2.74. The number of carbonyl (C=O) groups excluding carboxylic acids is 2. The fourth-order valence-electron chi connectivity index (χ4n) is 3.38. The smallest absolute Gasteiger partial charge is 0.276 e. The zero-order valence-electron chi connectivity index (χ0n) is 15.8. The van der Waals surface area contributed by atoms with Crippen LogP contribution in [0.15, 0.2) is 60.7 Å². The predicted molar refractivity (Wildman–Crippen MR) is 113 cm³/mol.